The minimum atomic E-state index is 0.764. The molecule has 0 saturated carbocycles. The van der Waals surface area contributed by atoms with Crippen LogP contribution >= 0.6 is 0 Å². The van der Waals surface area contributed by atoms with Crippen molar-refractivity contribution in [2.24, 2.45) is 16.8 Å². The first-order chi connectivity index (χ1) is 14.5. The Hall–Kier alpha value is -1.95. The number of ether oxygens (including phenoxy) is 2. The molecule has 1 aromatic carbocycles. The van der Waals surface area contributed by atoms with E-state index in [1.165, 1.54) is 44.5 Å². The SMILES string of the molecule is CN=C(NCCCCN1CC(C)CC(C)C1)N(C)CCc1ccc(OC)c(OC)c1. The van der Waals surface area contributed by atoms with Crippen molar-refractivity contribution < 1.29 is 9.47 Å². The fourth-order valence-corrected chi connectivity index (χ4v) is 4.46. The highest BCUT2D eigenvalue weighted by Gasteiger charge is 2.20. The van der Waals surface area contributed by atoms with Gasteiger partial charge >= 0.3 is 0 Å². The van der Waals surface area contributed by atoms with E-state index in [9.17, 15) is 0 Å². The van der Waals surface area contributed by atoms with Gasteiger partial charge in [0.1, 0.15) is 0 Å². The smallest absolute Gasteiger partial charge is 0.193 e. The quantitative estimate of drug-likeness (QED) is 0.358. The van der Waals surface area contributed by atoms with Crippen LogP contribution in [-0.2, 0) is 6.42 Å². The summed E-state index contributed by atoms with van der Waals surface area (Å²) in [5, 5.41) is 3.51. The lowest BCUT2D eigenvalue weighted by Gasteiger charge is -2.35. The maximum atomic E-state index is 5.41. The van der Waals surface area contributed by atoms with Crippen molar-refractivity contribution in [3.63, 3.8) is 0 Å². The van der Waals surface area contributed by atoms with Gasteiger partial charge in [-0.1, -0.05) is 19.9 Å². The van der Waals surface area contributed by atoms with Crippen molar-refractivity contribution >= 4 is 5.96 Å². The molecule has 2 atom stereocenters. The molecule has 2 unspecified atom stereocenters. The monoisotopic (exact) mass is 418 g/mol. The number of nitrogens with zero attached hydrogens (tertiary/aromatic N) is 3. The Bertz CT molecular complexity index is 655. The summed E-state index contributed by atoms with van der Waals surface area (Å²) in [5.74, 6) is 4.17. The highest BCUT2D eigenvalue weighted by molar-refractivity contribution is 5.79. The molecule has 1 heterocycles. The molecule has 1 N–H and O–H groups in total. The normalized spacial score (nSPS) is 20.1. The topological polar surface area (TPSA) is 49.3 Å². The molecule has 0 aromatic heterocycles. The van der Waals surface area contributed by atoms with E-state index < -0.39 is 0 Å². The largest absolute Gasteiger partial charge is 0.493 e. The average molecular weight is 419 g/mol. The summed E-state index contributed by atoms with van der Waals surface area (Å²) in [4.78, 5) is 9.27. The van der Waals surface area contributed by atoms with Gasteiger partial charge in [-0.25, -0.2) is 0 Å². The molecule has 1 aromatic rings. The fraction of sp³-hybridized carbons (Fsp3) is 0.708. The molecular formula is C24H42N4O2. The van der Waals surface area contributed by atoms with Crippen LogP contribution in [0.25, 0.3) is 0 Å². The van der Waals surface area contributed by atoms with Crippen LogP contribution in [0.5, 0.6) is 11.5 Å². The Labute approximate surface area is 183 Å². The standard InChI is InChI=1S/C24H42N4O2/c1-19-15-20(2)18-28(17-19)13-8-7-12-26-24(25-3)27(4)14-11-21-9-10-22(29-5)23(16-21)30-6/h9-10,16,19-20H,7-8,11-15,17-18H2,1-6H3,(H,25,26). The highest BCUT2D eigenvalue weighted by atomic mass is 16.5. The Kier molecular flexibility index (Phi) is 10.3. The summed E-state index contributed by atoms with van der Waals surface area (Å²) < 4.78 is 10.7. The van der Waals surface area contributed by atoms with Gasteiger partial charge in [-0.15, -0.1) is 0 Å². The molecule has 1 aliphatic rings. The summed E-state index contributed by atoms with van der Waals surface area (Å²) in [6, 6.07) is 6.10. The van der Waals surface area contributed by atoms with Crippen LogP contribution < -0.4 is 14.8 Å². The van der Waals surface area contributed by atoms with Gasteiger partial charge in [-0.3, -0.25) is 4.99 Å². The molecule has 2 rings (SSSR count). The van der Waals surface area contributed by atoms with Crippen molar-refractivity contribution in [2.75, 3.05) is 61.0 Å². The van der Waals surface area contributed by atoms with Gasteiger partial charge in [0.05, 0.1) is 14.2 Å². The summed E-state index contributed by atoms with van der Waals surface area (Å²) in [5.41, 5.74) is 1.22. The lowest BCUT2D eigenvalue weighted by Crippen LogP contribution is -2.41. The Morgan fingerprint density at radius 2 is 1.83 bits per heavy atom. The molecule has 1 fully saturated rings. The van der Waals surface area contributed by atoms with Gasteiger partial charge in [-0.05, 0) is 61.8 Å². The van der Waals surface area contributed by atoms with Gasteiger partial charge in [0.25, 0.3) is 0 Å². The zero-order chi connectivity index (χ0) is 21.9. The van der Waals surface area contributed by atoms with Crippen molar-refractivity contribution in [1.29, 1.82) is 0 Å². The number of likely N-dealkylation sites (tertiary alicyclic amines) is 1. The van der Waals surface area contributed by atoms with E-state index in [1.807, 2.05) is 19.2 Å². The molecular weight excluding hydrogens is 376 g/mol. The van der Waals surface area contributed by atoms with Crippen LogP contribution in [0.4, 0.5) is 0 Å². The third-order valence-electron chi connectivity index (χ3n) is 5.89. The predicted molar refractivity (Wildman–Crippen MR) is 126 cm³/mol. The minimum absolute atomic E-state index is 0.764. The van der Waals surface area contributed by atoms with Gasteiger partial charge in [0, 0.05) is 40.3 Å². The summed E-state index contributed by atoms with van der Waals surface area (Å²) >= 11 is 0. The van der Waals surface area contributed by atoms with Crippen LogP contribution in [0.1, 0.15) is 38.7 Å². The number of hydrogen-bond acceptors (Lipinski definition) is 4. The molecule has 0 bridgehead atoms. The third kappa shape index (κ3) is 7.71. The summed E-state index contributed by atoms with van der Waals surface area (Å²) in [7, 11) is 7.28. The Balaban J connectivity index is 1.69. The molecule has 170 valence electrons. The van der Waals surface area contributed by atoms with Crippen LogP contribution in [-0.4, -0.2) is 76.8 Å². The molecule has 1 aliphatic heterocycles. The first kappa shape index (κ1) is 24.3. The number of guanidine groups is 1. The number of piperidine rings is 1. The number of methoxy groups -OCH3 is 2. The van der Waals surface area contributed by atoms with Gasteiger partial charge in [0.2, 0.25) is 0 Å². The third-order valence-corrected chi connectivity index (χ3v) is 5.89. The van der Waals surface area contributed by atoms with E-state index in [2.05, 4.69) is 47.1 Å². The van der Waals surface area contributed by atoms with Crippen LogP contribution in [0.2, 0.25) is 0 Å². The van der Waals surface area contributed by atoms with Crippen molar-refractivity contribution in [3.05, 3.63) is 23.8 Å². The van der Waals surface area contributed by atoms with Crippen molar-refractivity contribution in [3.8, 4) is 11.5 Å². The van der Waals surface area contributed by atoms with Crippen molar-refractivity contribution in [2.45, 2.75) is 39.5 Å². The van der Waals surface area contributed by atoms with Gasteiger partial charge in [0.15, 0.2) is 17.5 Å². The van der Waals surface area contributed by atoms with Crippen LogP contribution in [0.15, 0.2) is 23.2 Å². The lowest BCUT2D eigenvalue weighted by atomic mass is 9.92. The second-order valence-corrected chi connectivity index (χ2v) is 8.75. The van der Waals surface area contributed by atoms with Crippen LogP contribution in [0, 0.1) is 11.8 Å². The molecule has 1 saturated heterocycles. The molecule has 0 spiro atoms. The molecule has 6 nitrogen and oxygen atoms in total. The first-order valence-electron chi connectivity index (χ1n) is 11.3. The number of benzene rings is 1. The molecule has 6 heteroatoms. The van der Waals surface area contributed by atoms with Gasteiger partial charge < -0.3 is 24.6 Å². The number of unbranched alkanes of at least 4 members (excludes halogenated alkanes) is 1. The molecule has 30 heavy (non-hydrogen) atoms. The Morgan fingerprint density at radius 3 is 2.47 bits per heavy atom. The lowest BCUT2D eigenvalue weighted by molar-refractivity contribution is 0.139. The van der Waals surface area contributed by atoms with Gasteiger partial charge in [-0.2, -0.15) is 0 Å². The predicted octanol–water partition coefficient (Wildman–Crippen LogP) is 3.51. The second-order valence-electron chi connectivity index (χ2n) is 8.75. The highest BCUT2D eigenvalue weighted by Crippen LogP contribution is 2.27. The van der Waals surface area contributed by atoms with Crippen LogP contribution in [0.3, 0.4) is 0 Å². The number of likely N-dealkylation sites (N-methyl/N-ethyl adjacent to an activating group) is 1. The minimum Gasteiger partial charge on any atom is -0.493 e. The number of rotatable bonds is 10. The fourth-order valence-electron chi connectivity index (χ4n) is 4.46. The summed E-state index contributed by atoms with van der Waals surface area (Å²) in [6.07, 6.45) is 4.70. The number of nitrogens with one attached hydrogen (secondary N) is 1. The zero-order valence-electron chi connectivity index (χ0n) is 19.9. The average Bonchev–Trinajstić information content (AvgIpc) is 2.73. The molecule has 0 aliphatic carbocycles. The number of aliphatic imine (C=N–C) groups is 1. The van der Waals surface area contributed by atoms with E-state index in [-0.39, 0.29) is 0 Å². The molecule has 0 radical (unpaired) electrons. The first-order valence-corrected chi connectivity index (χ1v) is 11.3. The second kappa shape index (κ2) is 12.7. The van der Waals surface area contributed by atoms with E-state index >= 15 is 0 Å². The van der Waals surface area contributed by atoms with Crippen molar-refractivity contribution in [1.82, 2.24) is 15.1 Å². The van der Waals surface area contributed by atoms with E-state index in [1.54, 1.807) is 14.2 Å². The maximum Gasteiger partial charge on any atom is 0.193 e. The summed E-state index contributed by atoms with van der Waals surface area (Å²) in [6.45, 7) is 10.4. The molecule has 0 amide bonds. The zero-order valence-corrected chi connectivity index (χ0v) is 19.9. The maximum absolute atomic E-state index is 5.41. The Morgan fingerprint density at radius 1 is 1.13 bits per heavy atom. The van der Waals surface area contributed by atoms with E-state index in [4.69, 9.17) is 9.47 Å². The van der Waals surface area contributed by atoms with E-state index in [0.29, 0.717) is 0 Å². The van der Waals surface area contributed by atoms with E-state index in [0.717, 1.165) is 48.8 Å². The number of hydrogen-bond donors (Lipinski definition) is 1.